The van der Waals surface area contributed by atoms with Gasteiger partial charge in [0.1, 0.15) is 11.2 Å². The molecule has 0 fully saturated rings. The van der Waals surface area contributed by atoms with Crippen molar-refractivity contribution in [1.29, 1.82) is 0 Å². The maximum Gasteiger partial charge on any atom is 0.135 e. The molecule has 0 aliphatic heterocycles. The molecule has 1 aromatic heterocycles. The Kier molecular flexibility index (Phi) is 2.85. The van der Waals surface area contributed by atoms with Crippen LogP contribution in [0.4, 0.5) is 0 Å². The first-order valence-electron chi connectivity index (χ1n) is 7.02. The van der Waals surface area contributed by atoms with Crippen molar-refractivity contribution in [2.45, 2.75) is 39.5 Å². The summed E-state index contributed by atoms with van der Waals surface area (Å²) in [6.07, 6.45) is 0. The molecule has 0 spiro atoms. The third-order valence-corrected chi connectivity index (χ3v) is 3.85. The van der Waals surface area contributed by atoms with Crippen LogP contribution in [0.3, 0.4) is 0 Å². The highest BCUT2D eigenvalue weighted by atomic mass is 16.3. The van der Waals surface area contributed by atoms with Crippen molar-refractivity contribution in [2.24, 2.45) is 0 Å². The summed E-state index contributed by atoms with van der Waals surface area (Å²) >= 11 is 0. The van der Waals surface area contributed by atoms with Crippen LogP contribution < -0.4 is 0 Å². The van der Waals surface area contributed by atoms with Gasteiger partial charge in [0, 0.05) is 10.8 Å². The monoisotopic (exact) mass is 252 g/mol. The summed E-state index contributed by atoms with van der Waals surface area (Å²) in [6, 6.07) is 13.1. The van der Waals surface area contributed by atoms with Crippen LogP contribution in [0.25, 0.3) is 21.9 Å². The number of hydrogen-bond donors (Lipinski definition) is 0. The molecular weight excluding hydrogens is 232 g/mol. The summed E-state index contributed by atoms with van der Waals surface area (Å²) < 4.78 is 5.92. The lowest BCUT2D eigenvalue weighted by Gasteiger charge is -2.05. The fourth-order valence-electron chi connectivity index (χ4n) is 2.53. The summed E-state index contributed by atoms with van der Waals surface area (Å²) in [5.41, 5.74) is 4.70. The highest BCUT2D eigenvalue weighted by Gasteiger charge is 2.10. The van der Waals surface area contributed by atoms with Crippen LogP contribution in [-0.2, 0) is 0 Å². The van der Waals surface area contributed by atoms with Crippen molar-refractivity contribution in [1.82, 2.24) is 0 Å². The van der Waals surface area contributed by atoms with Gasteiger partial charge in [0.2, 0.25) is 0 Å². The molecule has 0 saturated heterocycles. The highest BCUT2D eigenvalue weighted by molar-refractivity contribution is 6.05. The maximum absolute atomic E-state index is 5.92. The minimum atomic E-state index is 0.544. The third kappa shape index (κ3) is 2.03. The first-order valence-corrected chi connectivity index (χ1v) is 7.02. The smallest absolute Gasteiger partial charge is 0.135 e. The minimum Gasteiger partial charge on any atom is -0.456 e. The average Bonchev–Trinajstić information content (AvgIpc) is 2.75. The van der Waals surface area contributed by atoms with Gasteiger partial charge < -0.3 is 4.42 Å². The van der Waals surface area contributed by atoms with E-state index < -0.39 is 0 Å². The molecule has 3 aromatic rings. The highest BCUT2D eigenvalue weighted by Crippen LogP contribution is 2.32. The van der Waals surface area contributed by atoms with E-state index in [1.807, 2.05) is 0 Å². The van der Waals surface area contributed by atoms with Crippen molar-refractivity contribution >= 4 is 21.9 Å². The third-order valence-electron chi connectivity index (χ3n) is 3.85. The quantitative estimate of drug-likeness (QED) is 0.559. The molecule has 98 valence electrons. The molecule has 0 aliphatic carbocycles. The van der Waals surface area contributed by atoms with Crippen molar-refractivity contribution < 1.29 is 4.42 Å². The molecule has 1 heterocycles. The van der Waals surface area contributed by atoms with Gasteiger partial charge in [0.05, 0.1) is 0 Å². The van der Waals surface area contributed by atoms with Gasteiger partial charge in [-0.3, -0.25) is 0 Å². The number of benzene rings is 2. The number of rotatable bonds is 2. The number of furan rings is 1. The minimum absolute atomic E-state index is 0.544. The predicted molar refractivity (Wildman–Crippen MR) is 81.9 cm³/mol. The first-order chi connectivity index (χ1) is 9.06. The molecule has 0 aliphatic rings. The average molecular weight is 252 g/mol. The Labute approximate surface area is 114 Å². The Balaban J connectivity index is 2.31. The fraction of sp³-hybridized carbons (Fsp3) is 0.333. The summed E-state index contributed by atoms with van der Waals surface area (Å²) in [5.74, 6) is 1.09. The van der Waals surface area contributed by atoms with Gasteiger partial charge >= 0.3 is 0 Å². The summed E-state index contributed by atoms with van der Waals surface area (Å²) in [5, 5.41) is 2.48. The normalized spacial score (nSPS) is 12.1. The lowest BCUT2D eigenvalue weighted by atomic mass is 9.98. The zero-order chi connectivity index (χ0) is 13.6. The van der Waals surface area contributed by atoms with Gasteiger partial charge in [-0.15, -0.1) is 0 Å². The standard InChI is InChI=1S/C18H20O/c1-11(2)13-5-7-17-15(9-13)16-10-14(12(3)4)6-8-18(16)19-17/h5-12H,1-4H3. The molecular formula is C18H20O. The molecule has 0 atom stereocenters. The molecule has 19 heavy (non-hydrogen) atoms. The van der Waals surface area contributed by atoms with Crippen LogP contribution >= 0.6 is 0 Å². The molecule has 0 unspecified atom stereocenters. The topological polar surface area (TPSA) is 13.1 Å². The fourth-order valence-corrected chi connectivity index (χ4v) is 2.53. The van der Waals surface area contributed by atoms with Crippen molar-refractivity contribution in [3.63, 3.8) is 0 Å². The van der Waals surface area contributed by atoms with Crippen LogP contribution in [0.1, 0.15) is 50.7 Å². The lowest BCUT2D eigenvalue weighted by Crippen LogP contribution is -1.86. The van der Waals surface area contributed by atoms with E-state index in [-0.39, 0.29) is 0 Å². The van der Waals surface area contributed by atoms with Gasteiger partial charge in [-0.2, -0.15) is 0 Å². The number of fused-ring (bicyclic) bond motifs is 3. The SMILES string of the molecule is CC(C)c1ccc2oc3ccc(C(C)C)cc3c2c1. The van der Waals surface area contributed by atoms with Gasteiger partial charge in [0.15, 0.2) is 0 Å². The second-order valence-corrected chi connectivity index (χ2v) is 5.92. The molecule has 0 bridgehead atoms. The Hall–Kier alpha value is -1.76. The number of hydrogen-bond acceptors (Lipinski definition) is 1. The van der Waals surface area contributed by atoms with E-state index in [4.69, 9.17) is 4.42 Å². The Morgan fingerprint density at radius 3 is 1.47 bits per heavy atom. The van der Waals surface area contributed by atoms with E-state index in [0.29, 0.717) is 11.8 Å². The second kappa shape index (κ2) is 4.41. The zero-order valence-electron chi connectivity index (χ0n) is 12.0. The zero-order valence-corrected chi connectivity index (χ0v) is 12.0. The van der Waals surface area contributed by atoms with E-state index in [0.717, 1.165) is 11.2 Å². The molecule has 1 heteroatoms. The molecule has 2 aromatic carbocycles. The molecule has 0 N–H and O–H groups in total. The van der Waals surface area contributed by atoms with Gasteiger partial charge in [0.25, 0.3) is 0 Å². The molecule has 3 rings (SSSR count). The summed E-state index contributed by atoms with van der Waals surface area (Å²) in [4.78, 5) is 0. The van der Waals surface area contributed by atoms with Crippen LogP contribution in [-0.4, -0.2) is 0 Å². The van der Waals surface area contributed by atoms with E-state index >= 15 is 0 Å². The molecule has 0 amide bonds. The lowest BCUT2D eigenvalue weighted by molar-refractivity contribution is 0.668. The van der Waals surface area contributed by atoms with Crippen molar-refractivity contribution in [2.75, 3.05) is 0 Å². The maximum atomic E-state index is 5.92. The van der Waals surface area contributed by atoms with Crippen LogP contribution in [0.15, 0.2) is 40.8 Å². The van der Waals surface area contributed by atoms with Crippen molar-refractivity contribution in [3.05, 3.63) is 47.5 Å². The van der Waals surface area contributed by atoms with Gasteiger partial charge in [-0.1, -0.05) is 39.8 Å². The predicted octanol–water partition coefficient (Wildman–Crippen LogP) is 5.83. The first kappa shape index (κ1) is 12.3. The largest absolute Gasteiger partial charge is 0.456 e. The van der Waals surface area contributed by atoms with E-state index in [2.05, 4.69) is 64.1 Å². The molecule has 0 radical (unpaired) electrons. The Bertz CT molecular complexity index is 670. The molecule has 1 nitrogen and oxygen atoms in total. The van der Waals surface area contributed by atoms with E-state index in [9.17, 15) is 0 Å². The van der Waals surface area contributed by atoms with Crippen LogP contribution in [0.2, 0.25) is 0 Å². The van der Waals surface area contributed by atoms with E-state index in [1.54, 1.807) is 0 Å². The van der Waals surface area contributed by atoms with Crippen LogP contribution in [0, 0.1) is 0 Å². The Morgan fingerprint density at radius 2 is 1.11 bits per heavy atom. The summed E-state index contributed by atoms with van der Waals surface area (Å²) in [6.45, 7) is 8.90. The van der Waals surface area contributed by atoms with E-state index in [1.165, 1.54) is 21.9 Å². The Morgan fingerprint density at radius 1 is 0.684 bits per heavy atom. The van der Waals surface area contributed by atoms with Gasteiger partial charge in [-0.25, -0.2) is 0 Å². The molecule has 0 saturated carbocycles. The van der Waals surface area contributed by atoms with Crippen molar-refractivity contribution in [3.8, 4) is 0 Å². The van der Waals surface area contributed by atoms with Gasteiger partial charge in [-0.05, 0) is 47.2 Å². The summed E-state index contributed by atoms with van der Waals surface area (Å²) in [7, 11) is 0. The van der Waals surface area contributed by atoms with Crippen LogP contribution in [0.5, 0.6) is 0 Å². The second-order valence-electron chi connectivity index (χ2n) is 5.92.